The Bertz CT molecular complexity index is 342. The fraction of sp³-hybridized carbons (Fsp3) is 0. The normalized spacial score (nSPS) is 9.38. The monoisotopic (exact) mass is 303 g/mol. The summed E-state index contributed by atoms with van der Waals surface area (Å²) in [6.07, 6.45) is 0. The third kappa shape index (κ3) is 2.67. The zero-order valence-corrected chi connectivity index (χ0v) is 9.80. The Labute approximate surface area is 93.1 Å². The summed E-state index contributed by atoms with van der Waals surface area (Å²) in [5.41, 5.74) is 6.45. The zero-order chi connectivity index (χ0) is 9.84. The lowest BCUT2D eigenvalue weighted by atomic mass is 10.1. The third-order valence-corrected chi connectivity index (χ3v) is 2.29. The SMILES string of the molecule is NC(=O)C(=C(Br)Br)c1ccccc1. The van der Waals surface area contributed by atoms with E-state index in [1.807, 2.05) is 30.3 Å². The summed E-state index contributed by atoms with van der Waals surface area (Å²) in [7, 11) is 0. The summed E-state index contributed by atoms with van der Waals surface area (Å²) in [4.78, 5) is 11.0. The van der Waals surface area contributed by atoms with E-state index in [0.717, 1.165) is 5.56 Å². The van der Waals surface area contributed by atoms with Crippen molar-refractivity contribution in [2.75, 3.05) is 0 Å². The summed E-state index contributed by atoms with van der Waals surface area (Å²) in [6.45, 7) is 0. The van der Waals surface area contributed by atoms with Gasteiger partial charge in [0.15, 0.2) is 0 Å². The van der Waals surface area contributed by atoms with E-state index >= 15 is 0 Å². The van der Waals surface area contributed by atoms with Gasteiger partial charge in [0.25, 0.3) is 5.91 Å². The van der Waals surface area contributed by atoms with E-state index < -0.39 is 5.91 Å². The van der Waals surface area contributed by atoms with Crippen molar-refractivity contribution in [3.63, 3.8) is 0 Å². The number of rotatable bonds is 2. The third-order valence-electron chi connectivity index (χ3n) is 1.50. The maximum atomic E-state index is 11.0. The smallest absolute Gasteiger partial charge is 0.251 e. The van der Waals surface area contributed by atoms with Crippen LogP contribution < -0.4 is 5.73 Å². The highest BCUT2D eigenvalue weighted by Crippen LogP contribution is 2.26. The average Bonchev–Trinajstić information content (AvgIpc) is 2.04. The number of nitrogens with two attached hydrogens (primary N) is 1. The van der Waals surface area contributed by atoms with Crippen LogP contribution in [0.15, 0.2) is 33.7 Å². The lowest BCUT2D eigenvalue weighted by molar-refractivity contribution is -0.112. The highest BCUT2D eigenvalue weighted by atomic mass is 79.9. The summed E-state index contributed by atoms with van der Waals surface area (Å²) in [5, 5.41) is 0. The largest absolute Gasteiger partial charge is 0.366 e. The van der Waals surface area contributed by atoms with Gasteiger partial charge in [-0.05, 0) is 37.4 Å². The van der Waals surface area contributed by atoms with Gasteiger partial charge in [0, 0.05) is 0 Å². The first-order valence-electron chi connectivity index (χ1n) is 3.53. The van der Waals surface area contributed by atoms with Crippen LogP contribution in [0.3, 0.4) is 0 Å². The first-order valence-corrected chi connectivity index (χ1v) is 5.12. The van der Waals surface area contributed by atoms with Crippen molar-refractivity contribution in [3.05, 3.63) is 39.3 Å². The molecule has 0 saturated heterocycles. The van der Waals surface area contributed by atoms with Gasteiger partial charge in [-0.2, -0.15) is 0 Å². The van der Waals surface area contributed by atoms with E-state index in [9.17, 15) is 4.79 Å². The number of primary amides is 1. The molecule has 13 heavy (non-hydrogen) atoms. The number of carbonyl (C=O) groups is 1. The Morgan fingerprint density at radius 2 is 1.69 bits per heavy atom. The molecule has 1 aromatic carbocycles. The Morgan fingerprint density at radius 1 is 1.15 bits per heavy atom. The van der Waals surface area contributed by atoms with Crippen molar-refractivity contribution in [2.45, 2.75) is 0 Å². The van der Waals surface area contributed by atoms with Gasteiger partial charge >= 0.3 is 0 Å². The minimum Gasteiger partial charge on any atom is -0.366 e. The molecule has 0 fully saturated rings. The van der Waals surface area contributed by atoms with Crippen molar-refractivity contribution in [2.24, 2.45) is 5.73 Å². The molecule has 0 atom stereocenters. The molecule has 1 rings (SSSR count). The number of carbonyl (C=O) groups excluding carboxylic acids is 1. The number of benzene rings is 1. The standard InChI is InChI=1S/C9H7Br2NO/c10-8(11)7(9(12)13)6-4-2-1-3-5-6/h1-5H,(H2,12,13). The van der Waals surface area contributed by atoms with Crippen molar-refractivity contribution in [3.8, 4) is 0 Å². The van der Waals surface area contributed by atoms with Gasteiger partial charge < -0.3 is 5.73 Å². The maximum Gasteiger partial charge on any atom is 0.251 e. The molecule has 0 radical (unpaired) electrons. The molecule has 1 amide bonds. The van der Waals surface area contributed by atoms with Gasteiger partial charge in [0.05, 0.1) is 8.96 Å². The van der Waals surface area contributed by atoms with Crippen LogP contribution in [-0.4, -0.2) is 5.91 Å². The average molecular weight is 305 g/mol. The predicted molar refractivity (Wildman–Crippen MR) is 60.4 cm³/mol. The van der Waals surface area contributed by atoms with Crippen molar-refractivity contribution in [1.82, 2.24) is 0 Å². The molecule has 68 valence electrons. The second kappa shape index (κ2) is 4.58. The van der Waals surface area contributed by atoms with Crippen LogP contribution in [0.5, 0.6) is 0 Å². The van der Waals surface area contributed by atoms with Crippen molar-refractivity contribution >= 4 is 43.3 Å². The minimum absolute atomic E-state index is 0.445. The number of hydrogen-bond acceptors (Lipinski definition) is 1. The second-order valence-corrected chi connectivity index (χ2v) is 5.02. The lowest BCUT2D eigenvalue weighted by Crippen LogP contribution is -2.13. The Morgan fingerprint density at radius 3 is 2.08 bits per heavy atom. The fourth-order valence-electron chi connectivity index (χ4n) is 0.949. The molecule has 0 heterocycles. The summed E-state index contributed by atoms with van der Waals surface area (Å²) >= 11 is 6.35. The molecule has 0 spiro atoms. The van der Waals surface area contributed by atoms with Crippen LogP contribution in [0, 0.1) is 0 Å². The molecular weight excluding hydrogens is 298 g/mol. The molecule has 2 nitrogen and oxygen atoms in total. The molecule has 0 saturated carbocycles. The quantitative estimate of drug-likeness (QED) is 0.839. The fourth-order valence-corrected chi connectivity index (χ4v) is 1.80. The van der Waals surface area contributed by atoms with Gasteiger partial charge in [-0.1, -0.05) is 30.3 Å². The molecule has 2 N–H and O–H groups in total. The summed E-state index contributed by atoms with van der Waals surface area (Å²) in [6, 6.07) is 9.22. The first kappa shape index (κ1) is 10.5. The van der Waals surface area contributed by atoms with E-state index in [0.29, 0.717) is 8.96 Å². The molecular formula is C9H7Br2NO. The molecule has 0 aliphatic carbocycles. The van der Waals surface area contributed by atoms with Crippen LogP contribution in [0.25, 0.3) is 5.57 Å². The van der Waals surface area contributed by atoms with E-state index in [4.69, 9.17) is 5.73 Å². The molecule has 0 aromatic heterocycles. The van der Waals surface area contributed by atoms with E-state index in [2.05, 4.69) is 31.9 Å². The Hall–Kier alpha value is -0.610. The number of halogens is 2. The molecule has 1 aromatic rings. The number of hydrogen-bond donors (Lipinski definition) is 1. The second-order valence-electron chi connectivity index (χ2n) is 2.37. The van der Waals surface area contributed by atoms with Gasteiger partial charge in [0.1, 0.15) is 0 Å². The van der Waals surface area contributed by atoms with Crippen LogP contribution in [0.2, 0.25) is 0 Å². The highest BCUT2D eigenvalue weighted by molar-refractivity contribution is 9.28. The van der Waals surface area contributed by atoms with Gasteiger partial charge in [-0.3, -0.25) is 4.79 Å². The highest BCUT2D eigenvalue weighted by Gasteiger charge is 2.10. The van der Waals surface area contributed by atoms with Crippen LogP contribution in [0.4, 0.5) is 0 Å². The topological polar surface area (TPSA) is 43.1 Å². The molecule has 0 bridgehead atoms. The lowest BCUT2D eigenvalue weighted by Gasteiger charge is -2.02. The van der Waals surface area contributed by atoms with Crippen LogP contribution in [0.1, 0.15) is 5.56 Å². The van der Waals surface area contributed by atoms with Crippen LogP contribution >= 0.6 is 31.9 Å². The summed E-state index contributed by atoms with van der Waals surface area (Å²) in [5.74, 6) is -0.463. The molecule has 0 aliphatic rings. The van der Waals surface area contributed by atoms with Gasteiger partial charge in [-0.25, -0.2) is 0 Å². The van der Waals surface area contributed by atoms with Crippen LogP contribution in [-0.2, 0) is 4.79 Å². The van der Waals surface area contributed by atoms with Crippen molar-refractivity contribution < 1.29 is 4.79 Å². The first-order chi connectivity index (χ1) is 6.13. The van der Waals surface area contributed by atoms with Crippen molar-refractivity contribution in [1.29, 1.82) is 0 Å². The molecule has 0 aliphatic heterocycles. The van der Waals surface area contributed by atoms with Gasteiger partial charge in [0.2, 0.25) is 0 Å². The zero-order valence-electron chi connectivity index (χ0n) is 6.63. The van der Waals surface area contributed by atoms with E-state index in [1.165, 1.54) is 0 Å². The predicted octanol–water partition coefficient (Wildman–Crippen LogP) is 2.63. The Kier molecular flexibility index (Phi) is 3.69. The summed E-state index contributed by atoms with van der Waals surface area (Å²) < 4.78 is 0.568. The maximum absolute atomic E-state index is 11.0. The van der Waals surface area contributed by atoms with E-state index in [1.54, 1.807) is 0 Å². The molecule has 0 unspecified atom stereocenters. The van der Waals surface area contributed by atoms with E-state index in [-0.39, 0.29) is 0 Å². The Balaban J connectivity index is 3.20. The number of amides is 1. The molecule has 4 heteroatoms. The van der Waals surface area contributed by atoms with Gasteiger partial charge in [-0.15, -0.1) is 0 Å². The minimum atomic E-state index is -0.463.